The van der Waals surface area contributed by atoms with E-state index in [1.165, 1.54) is 37.7 Å². The molecule has 1 amide bonds. The normalized spacial score (nSPS) is 24.8. The van der Waals surface area contributed by atoms with Gasteiger partial charge in [-0.25, -0.2) is 0 Å². The zero-order chi connectivity index (χ0) is 14.7. The topological polar surface area (TPSA) is 41.1 Å². The van der Waals surface area contributed by atoms with E-state index in [2.05, 4.69) is 50.8 Å². The zero-order valence-electron chi connectivity index (χ0n) is 12.3. The minimum atomic E-state index is 0.0787. The van der Waals surface area contributed by atoms with E-state index < -0.39 is 0 Å². The third-order valence-corrected chi connectivity index (χ3v) is 5.35. The molecule has 1 saturated heterocycles. The van der Waals surface area contributed by atoms with Gasteiger partial charge in [0.1, 0.15) is 0 Å². The molecule has 4 heteroatoms. The lowest BCUT2D eigenvalue weighted by Crippen LogP contribution is -2.49. The summed E-state index contributed by atoms with van der Waals surface area (Å²) in [4.78, 5) is 11.4. The number of hydrogen-bond donors (Lipinski definition) is 2. The van der Waals surface area contributed by atoms with Crippen molar-refractivity contribution in [3.05, 3.63) is 34.3 Å². The van der Waals surface area contributed by atoms with E-state index in [-0.39, 0.29) is 11.4 Å². The summed E-state index contributed by atoms with van der Waals surface area (Å²) in [5.41, 5.74) is 1.45. The molecule has 0 bridgehead atoms. The zero-order valence-corrected chi connectivity index (χ0v) is 13.9. The minimum absolute atomic E-state index is 0.0787. The second kappa shape index (κ2) is 6.49. The second-order valence-electron chi connectivity index (χ2n) is 6.34. The molecule has 2 aliphatic rings. The number of hydrogen-bond acceptors (Lipinski definition) is 2. The van der Waals surface area contributed by atoms with Crippen molar-refractivity contribution in [3.8, 4) is 0 Å². The van der Waals surface area contributed by atoms with Gasteiger partial charge in [0.05, 0.1) is 0 Å². The molecule has 3 nitrogen and oxygen atoms in total. The number of carbonyl (C=O) groups is 1. The molecule has 0 spiro atoms. The fraction of sp³-hybridized carbons (Fsp3) is 0.588. The van der Waals surface area contributed by atoms with Crippen LogP contribution in [-0.2, 0) is 10.3 Å². The Balaban J connectivity index is 1.75. The summed E-state index contributed by atoms with van der Waals surface area (Å²) < 4.78 is 1.14. The maximum absolute atomic E-state index is 11.4. The summed E-state index contributed by atoms with van der Waals surface area (Å²) >= 11 is 3.59. The van der Waals surface area contributed by atoms with Gasteiger partial charge >= 0.3 is 0 Å². The number of amides is 1. The van der Waals surface area contributed by atoms with Crippen molar-refractivity contribution in [3.63, 3.8) is 0 Å². The van der Waals surface area contributed by atoms with Crippen molar-refractivity contribution in [2.75, 3.05) is 6.54 Å². The summed E-state index contributed by atoms with van der Waals surface area (Å²) in [6.45, 7) is 0.873. The van der Waals surface area contributed by atoms with Crippen molar-refractivity contribution >= 4 is 21.8 Å². The molecule has 1 heterocycles. The highest BCUT2D eigenvalue weighted by molar-refractivity contribution is 9.10. The van der Waals surface area contributed by atoms with Crippen molar-refractivity contribution in [1.82, 2.24) is 10.6 Å². The molecule has 2 N–H and O–H groups in total. The SMILES string of the molecule is O=C1CCC(CNC2(c3cccc(Br)c3)CCCCC2)N1. The van der Waals surface area contributed by atoms with Crippen LogP contribution >= 0.6 is 15.9 Å². The molecule has 0 aromatic heterocycles. The Morgan fingerprint density at radius 2 is 2.10 bits per heavy atom. The Morgan fingerprint density at radius 1 is 1.29 bits per heavy atom. The molecule has 1 atom stereocenters. The van der Waals surface area contributed by atoms with Crippen LogP contribution in [0.1, 0.15) is 50.5 Å². The molecule has 1 aromatic carbocycles. The Morgan fingerprint density at radius 3 is 2.76 bits per heavy atom. The van der Waals surface area contributed by atoms with Crippen LogP contribution in [-0.4, -0.2) is 18.5 Å². The van der Waals surface area contributed by atoms with Crippen molar-refractivity contribution in [2.24, 2.45) is 0 Å². The molecule has 1 aromatic rings. The van der Waals surface area contributed by atoms with Gasteiger partial charge in [-0.2, -0.15) is 0 Å². The van der Waals surface area contributed by atoms with E-state index in [0.717, 1.165) is 17.4 Å². The van der Waals surface area contributed by atoms with Gasteiger partial charge in [-0.15, -0.1) is 0 Å². The largest absolute Gasteiger partial charge is 0.352 e. The van der Waals surface area contributed by atoms with Crippen molar-refractivity contribution < 1.29 is 4.79 Å². The van der Waals surface area contributed by atoms with Gasteiger partial charge in [-0.1, -0.05) is 47.3 Å². The third kappa shape index (κ3) is 3.49. The summed E-state index contributed by atoms with van der Waals surface area (Å²) in [6.07, 6.45) is 7.88. The maximum Gasteiger partial charge on any atom is 0.220 e. The average Bonchev–Trinajstić information content (AvgIpc) is 2.92. The predicted octanol–water partition coefficient (Wildman–Crippen LogP) is 3.48. The number of rotatable bonds is 4. The van der Waals surface area contributed by atoms with Crippen molar-refractivity contribution in [2.45, 2.75) is 56.5 Å². The molecule has 3 rings (SSSR count). The molecule has 1 unspecified atom stereocenters. The fourth-order valence-corrected chi connectivity index (χ4v) is 4.06. The number of halogens is 1. The van der Waals surface area contributed by atoms with Crippen LogP contribution in [0.15, 0.2) is 28.7 Å². The lowest BCUT2D eigenvalue weighted by atomic mass is 9.76. The quantitative estimate of drug-likeness (QED) is 0.872. The molecular weight excluding hydrogens is 328 g/mol. The molecule has 21 heavy (non-hydrogen) atoms. The van der Waals surface area contributed by atoms with E-state index in [9.17, 15) is 4.79 Å². The van der Waals surface area contributed by atoms with E-state index in [1.807, 2.05) is 0 Å². The molecule has 114 valence electrons. The molecule has 1 aliphatic carbocycles. The van der Waals surface area contributed by atoms with Crippen LogP contribution in [0, 0.1) is 0 Å². The van der Waals surface area contributed by atoms with Crippen LogP contribution in [0.25, 0.3) is 0 Å². The highest BCUT2D eigenvalue weighted by Crippen LogP contribution is 2.38. The third-order valence-electron chi connectivity index (χ3n) is 4.86. The number of nitrogens with one attached hydrogen (secondary N) is 2. The van der Waals surface area contributed by atoms with Crippen LogP contribution in [0.4, 0.5) is 0 Å². The van der Waals surface area contributed by atoms with Gasteiger partial charge in [-0.05, 0) is 37.0 Å². The first-order valence-electron chi connectivity index (χ1n) is 7.98. The van der Waals surface area contributed by atoms with Crippen LogP contribution in [0.5, 0.6) is 0 Å². The Bertz CT molecular complexity index is 511. The van der Waals surface area contributed by atoms with Gasteiger partial charge in [-0.3, -0.25) is 4.79 Å². The average molecular weight is 351 g/mol. The Hall–Kier alpha value is -0.870. The van der Waals surface area contributed by atoms with Crippen LogP contribution in [0.2, 0.25) is 0 Å². The smallest absolute Gasteiger partial charge is 0.220 e. The van der Waals surface area contributed by atoms with E-state index in [4.69, 9.17) is 0 Å². The first-order chi connectivity index (χ1) is 10.2. The monoisotopic (exact) mass is 350 g/mol. The summed E-state index contributed by atoms with van der Waals surface area (Å²) in [7, 11) is 0. The highest BCUT2D eigenvalue weighted by atomic mass is 79.9. The van der Waals surface area contributed by atoms with Gasteiger partial charge < -0.3 is 10.6 Å². The molecule has 1 saturated carbocycles. The summed E-state index contributed by atoms with van der Waals surface area (Å²) in [6, 6.07) is 8.97. The summed E-state index contributed by atoms with van der Waals surface area (Å²) in [5.74, 6) is 0.196. The fourth-order valence-electron chi connectivity index (χ4n) is 3.66. The maximum atomic E-state index is 11.4. The second-order valence-corrected chi connectivity index (χ2v) is 7.25. The van der Waals surface area contributed by atoms with Crippen molar-refractivity contribution in [1.29, 1.82) is 0 Å². The Kier molecular flexibility index (Phi) is 4.65. The minimum Gasteiger partial charge on any atom is -0.352 e. The first-order valence-corrected chi connectivity index (χ1v) is 8.78. The number of carbonyl (C=O) groups excluding carboxylic acids is 1. The first kappa shape index (κ1) is 15.0. The van der Waals surface area contributed by atoms with E-state index >= 15 is 0 Å². The molecule has 2 fully saturated rings. The van der Waals surface area contributed by atoms with Gasteiger partial charge in [0, 0.05) is 29.0 Å². The summed E-state index contributed by atoms with van der Waals surface area (Å²) in [5, 5.41) is 6.87. The molecule has 1 aliphatic heterocycles. The van der Waals surface area contributed by atoms with Crippen LogP contribution in [0.3, 0.4) is 0 Å². The lowest BCUT2D eigenvalue weighted by molar-refractivity contribution is -0.119. The molecular formula is C17H23BrN2O. The predicted molar refractivity (Wildman–Crippen MR) is 88.1 cm³/mol. The van der Waals surface area contributed by atoms with Gasteiger partial charge in [0.15, 0.2) is 0 Å². The van der Waals surface area contributed by atoms with Gasteiger partial charge in [0.25, 0.3) is 0 Å². The standard InChI is InChI=1S/C17H23BrN2O/c18-14-6-4-5-13(11-14)17(9-2-1-3-10-17)19-12-15-7-8-16(21)20-15/h4-6,11,15,19H,1-3,7-10,12H2,(H,20,21). The van der Waals surface area contributed by atoms with E-state index in [1.54, 1.807) is 0 Å². The molecule has 0 radical (unpaired) electrons. The Labute approximate surface area is 135 Å². The highest BCUT2D eigenvalue weighted by Gasteiger charge is 2.34. The van der Waals surface area contributed by atoms with Crippen LogP contribution < -0.4 is 10.6 Å². The van der Waals surface area contributed by atoms with E-state index in [0.29, 0.717) is 12.5 Å². The number of benzene rings is 1. The van der Waals surface area contributed by atoms with Gasteiger partial charge in [0.2, 0.25) is 5.91 Å². The lowest BCUT2D eigenvalue weighted by Gasteiger charge is -2.40.